The van der Waals surface area contributed by atoms with Crippen molar-refractivity contribution in [1.82, 2.24) is 19.7 Å². The van der Waals surface area contributed by atoms with Crippen molar-refractivity contribution >= 4 is 22.9 Å². The van der Waals surface area contributed by atoms with Crippen LogP contribution in [0.15, 0.2) is 36.4 Å². The lowest BCUT2D eigenvalue weighted by molar-refractivity contribution is 0.0547. The Labute approximate surface area is 232 Å². The summed E-state index contributed by atoms with van der Waals surface area (Å²) >= 11 is 0. The van der Waals surface area contributed by atoms with Crippen LogP contribution >= 0.6 is 0 Å². The lowest BCUT2D eigenvalue weighted by Crippen LogP contribution is -2.29. The summed E-state index contributed by atoms with van der Waals surface area (Å²) in [4.78, 5) is 31.6. The number of piperidine rings is 1. The number of aromatic nitrogens is 1. The number of likely N-dealkylation sites (tertiary alicyclic amines) is 1. The maximum absolute atomic E-state index is 13.7. The number of rotatable bonds is 7. The highest BCUT2D eigenvalue weighted by Crippen LogP contribution is 2.36. The Hall–Kier alpha value is -3.16. The molecule has 1 N–H and O–H groups in total. The summed E-state index contributed by atoms with van der Waals surface area (Å²) in [6.45, 7) is 16.3. The van der Waals surface area contributed by atoms with Crippen molar-refractivity contribution in [2.24, 2.45) is 0 Å². The molecule has 2 aromatic carbocycles. The summed E-state index contributed by atoms with van der Waals surface area (Å²) in [7, 11) is 0. The highest BCUT2D eigenvalue weighted by molar-refractivity contribution is 6.07. The van der Waals surface area contributed by atoms with Crippen molar-refractivity contribution in [2.45, 2.75) is 79.1 Å². The van der Waals surface area contributed by atoms with E-state index in [-0.39, 0.29) is 5.91 Å². The van der Waals surface area contributed by atoms with E-state index in [0.717, 1.165) is 66.9 Å². The summed E-state index contributed by atoms with van der Waals surface area (Å²) in [6.07, 6.45) is 3.37. The predicted molar refractivity (Wildman–Crippen MR) is 156 cm³/mol. The van der Waals surface area contributed by atoms with E-state index in [1.165, 1.54) is 24.8 Å². The highest BCUT2D eigenvalue weighted by Gasteiger charge is 2.29. The first-order valence-corrected chi connectivity index (χ1v) is 14.4. The summed E-state index contributed by atoms with van der Waals surface area (Å²) in [5.74, 6) is -0.0961. The van der Waals surface area contributed by atoms with Gasteiger partial charge in [0.1, 0.15) is 5.60 Å². The van der Waals surface area contributed by atoms with Gasteiger partial charge in [0.15, 0.2) is 0 Å². The maximum Gasteiger partial charge on any atom is 0.419 e. The zero-order valence-corrected chi connectivity index (χ0v) is 24.1. The monoisotopic (exact) mass is 530 g/mol. The molecule has 2 aliphatic rings. The molecule has 1 saturated heterocycles. The van der Waals surface area contributed by atoms with Crippen LogP contribution in [0.25, 0.3) is 22.2 Å². The fraction of sp³-hybridized carbons (Fsp3) is 0.500. The van der Waals surface area contributed by atoms with Crippen molar-refractivity contribution in [3.05, 3.63) is 58.7 Å². The fourth-order valence-corrected chi connectivity index (χ4v) is 5.88. The molecule has 7 nitrogen and oxygen atoms in total. The molecule has 0 spiro atoms. The average Bonchev–Trinajstić information content (AvgIpc) is 3.46. The van der Waals surface area contributed by atoms with E-state index in [4.69, 9.17) is 4.74 Å². The Morgan fingerprint density at radius 1 is 1.00 bits per heavy atom. The minimum atomic E-state index is -0.650. The zero-order valence-electron chi connectivity index (χ0n) is 24.1. The Bertz CT molecular complexity index is 1370. The van der Waals surface area contributed by atoms with Crippen molar-refractivity contribution < 1.29 is 14.3 Å². The lowest BCUT2D eigenvalue weighted by Gasteiger charge is -2.26. The standard InChI is InChI=1S/C32H42N4O3/c1-6-34(7-2)21-23-16-25-19-33-30(37)29(25)26(17-23)28-18-24-15-22(20-35-13-9-8-10-14-35)11-12-27(24)36(28)31(38)39-32(3,4)5/h11-12,15-18H,6-10,13-14,19-21H2,1-5H3,(H,33,37). The van der Waals surface area contributed by atoms with Crippen LogP contribution in [0.1, 0.15) is 80.9 Å². The number of carbonyl (C=O) groups is 2. The lowest BCUT2D eigenvalue weighted by atomic mass is 9.96. The van der Waals surface area contributed by atoms with Gasteiger partial charge in [-0.15, -0.1) is 0 Å². The summed E-state index contributed by atoms with van der Waals surface area (Å²) < 4.78 is 7.55. The molecule has 0 radical (unpaired) electrons. The quantitative estimate of drug-likeness (QED) is 0.396. The summed E-state index contributed by atoms with van der Waals surface area (Å²) in [5, 5.41) is 3.97. The van der Waals surface area contributed by atoms with Crippen molar-refractivity contribution in [2.75, 3.05) is 26.2 Å². The minimum Gasteiger partial charge on any atom is -0.443 e. The molecule has 0 unspecified atom stereocenters. The third-order valence-electron chi connectivity index (χ3n) is 7.82. The summed E-state index contributed by atoms with van der Waals surface area (Å²) in [5.41, 5.74) is 5.62. The second kappa shape index (κ2) is 11.1. The van der Waals surface area contributed by atoms with Gasteiger partial charge in [-0.25, -0.2) is 9.36 Å². The van der Waals surface area contributed by atoms with Gasteiger partial charge in [-0.3, -0.25) is 14.6 Å². The molecular formula is C32H42N4O3. The molecule has 3 heterocycles. The molecular weight excluding hydrogens is 488 g/mol. The largest absolute Gasteiger partial charge is 0.443 e. The van der Waals surface area contributed by atoms with Crippen LogP contribution in [0.2, 0.25) is 0 Å². The van der Waals surface area contributed by atoms with Gasteiger partial charge < -0.3 is 10.1 Å². The SMILES string of the molecule is CCN(CC)Cc1cc2c(c(-c3cc4cc(CN5CCCCC5)ccc4n3C(=O)OC(C)(C)C)c1)C(=O)NC2. The summed E-state index contributed by atoms with van der Waals surface area (Å²) in [6, 6.07) is 12.6. The van der Waals surface area contributed by atoms with Gasteiger partial charge >= 0.3 is 6.09 Å². The first-order chi connectivity index (χ1) is 18.7. The second-order valence-corrected chi connectivity index (χ2v) is 11.9. The molecule has 2 aliphatic heterocycles. The van der Waals surface area contributed by atoms with Crippen LogP contribution < -0.4 is 5.32 Å². The highest BCUT2D eigenvalue weighted by atomic mass is 16.6. The van der Waals surface area contributed by atoms with Crippen LogP contribution in [-0.4, -0.2) is 58.1 Å². The van der Waals surface area contributed by atoms with Crippen molar-refractivity contribution in [3.63, 3.8) is 0 Å². The third kappa shape index (κ3) is 5.89. The predicted octanol–water partition coefficient (Wildman–Crippen LogP) is 6.16. The maximum atomic E-state index is 13.7. The van der Waals surface area contributed by atoms with E-state index in [1.54, 1.807) is 4.57 Å². The molecule has 39 heavy (non-hydrogen) atoms. The second-order valence-electron chi connectivity index (χ2n) is 11.9. The van der Waals surface area contributed by atoms with E-state index in [0.29, 0.717) is 17.8 Å². The van der Waals surface area contributed by atoms with E-state index in [2.05, 4.69) is 59.3 Å². The number of carbonyl (C=O) groups excluding carboxylic acids is 2. The van der Waals surface area contributed by atoms with Crippen molar-refractivity contribution in [1.29, 1.82) is 0 Å². The van der Waals surface area contributed by atoms with E-state index in [1.807, 2.05) is 26.8 Å². The van der Waals surface area contributed by atoms with Crippen LogP contribution in [0.3, 0.4) is 0 Å². The number of hydrogen-bond acceptors (Lipinski definition) is 5. The molecule has 7 heteroatoms. The Balaban J connectivity index is 1.65. The average molecular weight is 531 g/mol. The van der Waals surface area contributed by atoms with Gasteiger partial charge in [-0.2, -0.15) is 0 Å². The van der Waals surface area contributed by atoms with Gasteiger partial charge in [0.25, 0.3) is 5.91 Å². The first kappa shape index (κ1) is 27.4. The van der Waals surface area contributed by atoms with Crippen LogP contribution in [0.5, 0.6) is 0 Å². The molecule has 1 aromatic heterocycles. The zero-order chi connectivity index (χ0) is 27.7. The number of ether oxygens (including phenoxy) is 1. The molecule has 5 rings (SSSR count). The van der Waals surface area contributed by atoms with Crippen molar-refractivity contribution in [3.8, 4) is 11.3 Å². The van der Waals surface area contributed by atoms with E-state index in [9.17, 15) is 9.59 Å². The number of nitrogens with zero attached hydrogens (tertiary/aromatic N) is 3. The number of fused-ring (bicyclic) bond motifs is 2. The molecule has 1 amide bonds. The fourth-order valence-electron chi connectivity index (χ4n) is 5.88. The molecule has 0 bridgehead atoms. The topological polar surface area (TPSA) is 66.8 Å². The number of amides is 1. The van der Waals surface area contributed by atoms with E-state index >= 15 is 0 Å². The molecule has 0 atom stereocenters. The molecule has 3 aromatic rings. The molecule has 1 fully saturated rings. The molecule has 0 saturated carbocycles. The van der Waals surface area contributed by atoms with Crippen LogP contribution in [-0.2, 0) is 24.4 Å². The number of benzene rings is 2. The molecule has 0 aliphatic carbocycles. The van der Waals surface area contributed by atoms with Gasteiger partial charge in [0.05, 0.1) is 16.8 Å². The van der Waals surface area contributed by atoms with Gasteiger partial charge in [-0.1, -0.05) is 32.4 Å². The Morgan fingerprint density at radius 2 is 1.74 bits per heavy atom. The normalized spacial score (nSPS) is 16.1. The molecule has 208 valence electrons. The van der Waals surface area contributed by atoms with Crippen LogP contribution in [0, 0.1) is 0 Å². The number of hydrogen-bond donors (Lipinski definition) is 1. The minimum absolute atomic E-state index is 0.0961. The first-order valence-electron chi connectivity index (χ1n) is 14.4. The Kier molecular flexibility index (Phi) is 7.83. The number of nitrogens with one attached hydrogen (secondary N) is 1. The Morgan fingerprint density at radius 3 is 2.44 bits per heavy atom. The smallest absolute Gasteiger partial charge is 0.419 e. The van der Waals surface area contributed by atoms with E-state index < -0.39 is 11.7 Å². The van der Waals surface area contributed by atoms with Gasteiger partial charge in [-0.05, 0) is 101 Å². The van der Waals surface area contributed by atoms with Crippen LogP contribution in [0.4, 0.5) is 4.79 Å². The third-order valence-corrected chi connectivity index (χ3v) is 7.82. The van der Waals surface area contributed by atoms with Gasteiger partial charge in [0.2, 0.25) is 0 Å². The van der Waals surface area contributed by atoms with Gasteiger partial charge in [0, 0.05) is 30.6 Å².